The van der Waals surface area contributed by atoms with E-state index in [1.54, 1.807) is 62.5 Å². The van der Waals surface area contributed by atoms with E-state index in [0.29, 0.717) is 38.4 Å². The van der Waals surface area contributed by atoms with Gasteiger partial charge in [0.15, 0.2) is 5.17 Å². The van der Waals surface area contributed by atoms with Crippen molar-refractivity contribution < 1.29 is 23.7 Å². The van der Waals surface area contributed by atoms with E-state index in [9.17, 15) is 19.7 Å². The van der Waals surface area contributed by atoms with Crippen LogP contribution in [0, 0.1) is 17.0 Å². The molecule has 2 aromatic carbocycles. The van der Waals surface area contributed by atoms with Crippen molar-refractivity contribution in [3.05, 3.63) is 86.5 Å². The number of carbonyl (C=O) groups excluding carboxylic acids is 2. The molecule has 1 aliphatic rings. The molecule has 2 heterocycles. The van der Waals surface area contributed by atoms with E-state index in [1.165, 1.54) is 28.8 Å². The van der Waals surface area contributed by atoms with Crippen LogP contribution < -0.4 is 0 Å². The van der Waals surface area contributed by atoms with Crippen molar-refractivity contribution in [2.75, 3.05) is 13.7 Å². The Morgan fingerprint density at radius 3 is 2.77 bits per heavy atom. The number of rotatable bonds is 6. The van der Waals surface area contributed by atoms with E-state index >= 15 is 0 Å². The number of nitro groups is 1. The molecule has 1 amide bonds. The van der Waals surface area contributed by atoms with E-state index in [0.717, 1.165) is 5.56 Å². The van der Waals surface area contributed by atoms with Crippen LogP contribution in [0.4, 0.5) is 11.4 Å². The van der Waals surface area contributed by atoms with Gasteiger partial charge in [-0.05, 0) is 61.5 Å². The van der Waals surface area contributed by atoms with Crippen LogP contribution in [0.1, 0.15) is 28.6 Å². The quantitative estimate of drug-likeness (QED) is 0.191. The first-order chi connectivity index (χ1) is 16.8. The first kappa shape index (κ1) is 24.0. The average molecular weight is 492 g/mol. The third-order valence-electron chi connectivity index (χ3n) is 5.18. The topological polar surface area (TPSA) is 115 Å². The number of furan rings is 1. The molecule has 35 heavy (non-hydrogen) atoms. The summed E-state index contributed by atoms with van der Waals surface area (Å²) in [6.45, 7) is 3.84. The number of likely N-dealkylation sites (N-methyl/N-ethyl adjacent to an activating group) is 1. The number of nitro benzene ring substituents is 1. The van der Waals surface area contributed by atoms with Crippen molar-refractivity contribution in [3.8, 4) is 11.3 Å². The molecule has 1 aliphatic heterocycles. The van der Waals surface area contributed by atoms with Crippen molar-refractivity contribution in [1.82, 2.24) is 4.90 Å². The summed E-state index contributed by atoms with van der Waals surface area (Å²) in [7, 11) is 1.62. The largest absolute Gasteiger partial charge is 0.462 e. The highest BCUT2D eigenvalue weighted by Gasteiger charge is 2.31. The second kappa shape index (κ2) is 9.98. The Kier molecular flexibility index (Phi) is 6.83. The fourth-order valence-corrected chi connectivity index (χ4v) is 4.34. The van der Waals surface area contributed by atoms with Gasteiger partial charge in [-0.25, -0.2) is 9.79 Å². The van der Waals surface area contributed by atoms with Gasteiger partial charge in [0.1, 0.15) is 11.5 Å². The van der Waals surface area contributed by atoms with Crippen LogP contribution in [0.3, 0.4) is 0 Å². The number of amides is 1. The van der Waals surface area contributed by atoms with Gasteiger partial charge in [-0.2, -0.15) is 0 Å². The Morgan fingerprint density at radius 2 is 2.03 bits per heavy atom. The van der Waals surface area contributed by atoms with Crippen LogP contribution in [0.2, 0.25) is 0 Å². The standard InChI is InChI=1S/C25H21N3O6S/c1-4-33-24(30)16-6-5-7-17(12-16)26-25-27(3)23(29)22(35-25)14-19-10-11-21(34-19)20-13-18(28(31)32)9-8-15(20)2/h5-14H,4H2,1-3H3. The SMILES string of the molecule is CCOC(=O)c1cccc(N=C2SC(=Cc3ccc(-c4cc([N+](=O)[O-])ccc4C)o3)C(=O)N2C)c1. The molecule has 0 spiro atoms. The van der Waals surface area contributed by atoms with Gasteiger partial charge >= 0.3 is 5.97 Å². The van der Waals surface area contributed by atoms with Crippen LogP contribution in [0.5, 0.6) is 0 Å². The summed E-state index contributed by atoms with van der Waals surface area (Å²) in [4.78, 5) is 41.8. The molecule has 0 bridgehead atoms. The number of hydrogen-bond donors (Lipinski definition) is 0. The van der Waals surface area contributed by atoms with Gasteiger partial charge in [0.25, 0.3) is 11.6 Å². The van der Waals surface area contributed by atoms with Crippen LogP contribution in [-0.2, 0) is 9.53 Å². The molecule has 0 atom stereocenters. The van der Waals surface area contributed by atoms with Gasteiger partial charge in [0.05, 0.1) is 27.7 Å². The number of nitrogens with zero attached hydrogens (tertiary/aromatic N) is 3. The third-order valence-corrected chi connectivity index (χ3v) is 6.24. The molecular weight excluding hydrogens is 470 g/mol. The summed E-state index contributed by atoms with van der Waals surface area (Å²) >= 11 is 1.18. The third kappa shape index (κ3) is 5.17. The van der Waals surface area contributed by atoms with Gasteiger partial charge in [-0.15, -0.1) is 0 Å². The summed E-state index contributed by atoms with van der Waals surface area (Å²) in [6.07, 6.45) is 1.61. The van der Waals surface area contributed by atoms with Crippen LogP contribution in [0.25, 0.3) is 17.4 Å². The summed E-state index contributed by atoms with van der Waals surface area (Å²) in [5.41, 5.74) is 2.30. The number of benzene rings is 2. The molecular formula is C25H21N3O6S. The number of carbonyl (C=O) groups is 2. The maximum absolute atomic E-state index is 12.8. The minimum atomic E-state index is -0.457. The van der Waals surface area contributed by atoms with Gasteiger partial charge in [0.2, 0.25) is 0 Å². The molecule has 9 nitrogen and oxygen atoms in total. The monoisotopic (exact) mass is 491 g/mol. The number of esters is 1. The van der Waals surface area contributed by atoms with E-state index < -0.39 is 10.9 Å². The summed E-state index contributed by atoms with van der Waals surface area (Å²) in [6, 6.07) is 14.7. The molecule has 10 heteroatoms. The smallest absolute Gasteiger partial charge is 0.338 e. The number of hydrogen-bond acceptors (Lipinski definition) is 8. The van der Waals surface area contributed by atoms with Crippen molar-refractivity contribution in [2.24, 2.45) is 4.99 Å². The van der Waals surface area contributed by atoms with Crippen LogP contribution in [-0.4, -0.2) is 40.5 Å². The maximum Gasteiger partial charge on any atom is 0.338 e. The molecule has 1 aromatic heterocycles. The second-order valence-corrected chi connectivity index (χ2v) is 8.61. The molecule has 178 valence electrons. The highest BCUT2D eigenvalue weighted by Crippen LogP contribution is 2.35. The fraction of sp³-hybridized carbons (Fsp3) is 0.160. The molecule has 0 radical (unpaired) electrons. The van der Waals surface area contributed by atoms with E-state index in [4.69, 9.17) is 9.15 Å². The first-order valence-corrected chi connectivity index (χ1v) is 11.5. The minimum Gasteiger partial charge on any atom is -0.462 e. The molecule has 0 unspecified atom stereocenters. The lowest BCUT2D eigenvalue weighted by molar-refractivity contribution is -0.384. The lowest BCUT2D eigenvalue weighted by Crippen LogP contribution is -2.23. The number of aliphatic imine (C=N–C) groups is 1. The Morgan fingerprint density at radius 1 is 1.23 bits per heavy atom. The molecule has 4 rings (SSSR count). The highest BCUT2D eigenvalue weighted by atomic mass is 32.2. The minimum absolute atomic E-state index is 0.0297. The van der Waals surface area contributed by atoms with Crippen LogP contribution >= 0.6 is 11.8 Å². The summed E-state index contributed by atoms with van der Waals surface area (Å²) in [5, 5.41) is 11.6. The Bertz CT molecular complexity index is 1390. The normalized spacial score (nSPS) is 15.7. The average Bonchev–Trinajstić information content (AvgIpc) is 3.40. The predicted octanol–water partition coefficient (Wildman–Crippen LogP) is 5.57. The summed E-state index contributed by atoms with van der Waals surface area (Å²) in [5.74, 6) is 0.207. The van der Waals surface area contributed by atoms with Crippen LogP contribution in [0.15, 0.2) is 68.9 Å². The van der Waals surface area contributed by atoms with E-state index in [1.807, 2.05) is 6.92 Å². The number of thioether (sulfide) groups is 1. The molecule has 1 saturated heterocycles. The molecule has 3 aromatic rings. The van der Waals surface area contributed by atoms with Gasteiger partial charge in [-0.1, -0.05) is 12.1 Å². The van der Waals surface area contributed by atoms with E-state index in [-0.39, 0.29) is 18.2 Å². The number of non-ortho nitro benzene ring substituents is 1. The first-order valence-electron chi connectivity index (χ1n) is 10.7. The molecule has 0 saturated carbocycles. The van der Waals surface area contributed by atoms with Crippen molar-refractivity contribution in [3.63, 3.8) is 0 Å². The zero-order valence-corrected chi connectivity index (χ0v) is 20.0. The van der Waals surface area contributed by atoms with E-state index in [2.05, 4.69) is 4.99 Å². The zero-order valence-electron chi connectivity index (χ0n) is 19.2. The van der Waals surface area contributed by atoms with Gasteiger partial charge < -0.3 is 9.15 Å². The Labute approximate surface area is 205 Å². The zero-order chi connectivity index (χ0) is 25.1. The Balaban J connectivity index is 1.58. The van der Waals surface area contributed by atoms with Gasteiger partial charge in [-0.3, -0.25) is 19.8 Å². The maximum atomic E-state index is 12.8. The van der Waals surface area contributed by atoms with Crippen molar-refractivity contribution in [2.45, 2.75) is 13.8 Å². The fourth-order valence-electron chi connectivity index (χ4n) is 3.37. The Hall–Kier alpha value is -4.18. The summed E-state index contributed by atoms with van der Waals surface area (Å²) < 4.78 is 10.9. The van der Waals surface area contributed by atoms with Crippen molar-refractivity contribution >= 4 is 46.3 Å². The number of aryl methyl sites for hydroxylation is 1. The number of ether oxygens (including phenoxy) is 1. The molecule has 1 fully saturated rings. The van der Waals surface area contributed by atoms with Gasteiger partial charge in [0, 0.05) is 30.8 Å². The lowest BCUT2D eigenvalue weighted by Gasteiger charge is -2.07. The highest BCUT2D eigenvalue weighted by molar-refractivity contribution is 8.18. The molecule has 0 N–H and O–H groups in total. The lowest BCUT2D eigenvalue weighted by atomic mass is 10.1. The van der Waals surface area contributed by atoms with Crippen molar-refractivity contribution in [1.29, 1.82) is 0 Å². The second-order valence-electron chi connectivity index (χ2n) is 7.60. The predicted molar refractivity (Wildman–Crippen MR) is 133 cm³/mol. The number of amidine groups is 1. The molecule has 0 aliphatic carbocycles.